The molecule has 0 unspecified atom stereocenters. The smallest absolute Gasteiger partial charge is 0.309 e. The maximum absolute atomic E-state index is 12.6. The zero-order valence-corrected chi connectivity index (χ0v) is 18.5. The van der Waals surface area contributed by atoms with Crippen LogP contribution in [0.4, 0.5) is 0 Å². The summed E-state index contributed by atoms with van der Waals surface area (Å²) in [6.45, 7) is 0. The molecule has 0 aliphatic heterocycles. The molecule has 0 spiro atoms. The Labute approximate surface area is 189 Å². The number of carbonyl (C=O) groups is 2. The van der Waals surface area contributed by atoms with Gasteiger partial charge in [0.15, 0.2) is 0 Å². The molecule has 0 bridgehead atoms. The second-order valence-electron chi connectivity index (χ2n) is 8.29. The van der Waals surface area contributed by atoms with Gasteiger partial charge in [0.1, 0.15) is 0 Å². The van der Waals surface area contributed by atoms with Crippen molar-refractivity contribution in [3.05, 3.63) is 95.1 Å². The lowest BCUT2D eigenvalue weighted by molar-refractivity contribution is -0.157. The summed E-state index contributed by atoms with van der Waals surface area (Å²) in [4.78, 5) is 25.1. The first-order valence-electron chi connectivity index (χ1n) is 11.0. The van der Waals surface area contributed by atoms with Gasteiger partial charge in [0.25, 0.3) is 0 Å². The fraction of sp³-hybridized carbons (Fsp3) is 0.286. The minimum Gasteiger partial charge on any atom is -0.469 e. The summed E-state index contributed by atoms with van der Waals surface area (Å²) in [6, 6.07) is 20.7. The van der Waals surface area contributed by atoms with Gasteiger partial charge < -0.3 is 9.47 Å². The molecular weight excluding hydrogens is 400 g/mol. The first-order valence-corrected chi connectivity index (χ1v) is 11.0. The van der Waals surface area contributed by atoms with Crippen LogP contribution in [0, 0.1) is 11.8 Å². The van der Waals surface area contributed by atoms with Crippen LogP contribution in [0.2, 0.25) is 0 Å². The molecule has 0 fully saturated rings. The summed E-state index contributed by atoms with van der Waals surface area (Å²) >= 11 is 0. The normalized spacial score (nSPS) is 24.1. The minimum atomic E-state index is -0.549. The number of hydrogen-bond acceptors (Lipinski definition) is 4. The maximum atomic E-state index is 12.6. The molecule has 0 heterocycles. The Morgan fingerprint density at radius 2 is 1.03 bits per heavy atom. The van der Waals surface area contributed by atoms with E-state index >= 15 is 0 Å². The van der Waals surface area contributed by atoms with Gasteiger partial charge in [-0.25, -0.2) is 0 Å². The highest BCUT2D eigenvalue weighted by Crippen LogP contribution is 2.42. The highest BCUT2D eigenvalue weighted by Gasteiger charge is 2.40. The molecule has 2 atom stereocenters. The highest BCUT2D eigenvalue weighted by atomic mass is 16.5. The molecule has 2 aromatic carbocycles. The molecule has 0 aromatic heterocycles. The third-order valence-corrected chi connectivity index (χ3v) is 6.44. The Hall–Kier alpha value is -3.40. The summed E-state index contributed by atoms with van der Waals surface area (Å²) in [5.74, 6) is -1.83. The van der Waals surface area contributed by atoms with Crippen LogP contribution >= 0.6 is 0 Å². The Morgan fingerprint density at radius 3 is 1.38 bits per heavy atom. The van der Waals surface area contributed by atoms with Gasteiger partial charge in [0.05, 0.1) is 26.1 Å². The molecule has 164 valence electrons. The topological polar surface area (TPSA) is 52.6 Å². The standard InChI is InChI=1S/C28H28O4/c1-31-27(29)25-17-23-15-21(19-9-5-3-6-10-19)13-14-22(20-11-7-4-8-12-20)16-24(23)18-26(25)28(30)32-2/h3-12,15-16,25-26H,13-14,17-18H2,1-2H3/b21-15+,22-16+/t25-,26-/m1/s1. The van der Waals surface area contributed by atoms with Crippen LogP contribution in [0.3, 0.4) is 0 Å². The van der Waals surface area contributed by atoms with E-state index < -0.39 is 11.8 Å². The fourth-order valence-electron chi connectivity index (χ4n) is 4.72. The van der Waals surface area contributed by atoms with Gasteiger partial charge >= 0.3 is 11.9 Å². The number of benzene rings is 2. The monoisotopic (exact) mass is 428 g/mol. The third kappa shape index (κ3) is 4.59. The van der Waals surface area contributed by atoms with E-state index in [0.29, 0.717) is 12.8 Å². The van der Waals surface area contributed by atoms with E-state index in [4.69, 9.17) is 9.47 Å². The summed E-state index contributed by atoms with van der Waals surface area (Å²) < 4.78 is 10.1. The van der Waals surface area contributed by atoms with E-state index in [9.17, 15) is 9.59 Å². The Bertz CT molecular complexity index is 989. The maximum Gasteiger partial charge on any atom is 0.309 e. The molecule has 0 saturated heterocycles. The molecule has 4 heteroatoms. The van der Waals surface area contributed by atoms with Crippen LogP contribution in [0.1, 0.15) is 36.8 Å². The van der Waals surface area contributed by atoms with Crippen LogP contribution < -0.4 is 0 Å². The molecule has 0 radical (unpaired) electrons. The molecule has 2 aliphatic rings. The van der Waals surface area contributed by atoms with Crippen molar-refractivity contribution in [2.75, 3.05) is 14.2 Å². The van der Waals surface area contributed by atoms with Crippen LogP contribution in [0.5, 0.6) is 0 Å². The lowest BCUT2D eigenvalue weighted by Crippen LogP contribution is -2.35. The fourth-order valence-corrected chi connectivity index (χ4v) is 4.72. The van der Waals surface area contributed by atoms with Crippen LogP contribution in [0.25, 0.3) is 11.1 Å². The van der Waals surface area contributed by atoms with Crippen molar-refractivity contribution in [2.45, 2.75) is 25.7 Å². The first kappa shape index (κ1) is 21.8. The summed E-state index contributed by atoms with van der Waals surface area (Å²) in [5.41, 5.74) is 7.01. The summed E-state index contributed by atoms with van der Waals surface area (Å²) in [5, 5.41) is 0. The van der Waals surface area contributed by atoms with Crippen molar-refractivity contribution in [3.63, 3.8) is 0 Å². The van der Waals surface area contributed by atoms with Crippen molar-refractivity contribution in [2.24, 2.45) is 11.8 Å². The molecular formula is C28H28O4. The lowest BCUT2D eigenvalue weighted by atomic mass is 9.73. The molecule has 2 aromatic rings. The van der Waals surface area contributed by atoms with E-state index in [0.717, 1.165) is 24.0 Å². The van der Waals surface area contributed by atoms with E-state index in [2.05, 4.69) is 36.4 Å². The van der Waals surface area contributed by atoms with Crippen molar-refractivity contribution in [1.82, 2.24) is 0 Å². The van der Waals surface area contributed by atoms with Crippen LogP contribution in [-0.4, -0.2) is 26.2 Å². The summed E-state index contributed by atoms with van der Waals surface area (Å²) in [7, 11) is 2.74. The average molecular weight is 429 g/mol. The van der Waals surface area contributed by atoms with Gasteiger partial charge in [0.2, 0.25) is 0 Å². The zero-order valence-electron chi connectivity index (χ0n) is 18.5. The Balaban J connectivity index is 1.83. The van der Waals surface area contributed by atoms with Crippen LogP contribution in [-0.2, 0) is 19.1 Å². The lowest BCUT2D eigenvalue weighted by Gasteiger charge is -2.31. The molecule has 32 heavy (non-hydrogen) atoms. The van der Waals surface area contributed by atoms with E-state index in [1.54, 1.807) is 0 Å². The van der Waals surface area contributed by atoms with Gasteiger partial charge in [0, 0.05) is 0 Å². The third-order valence-electron chi connectivity index (χ3n) is 6.44. The quantitative estimate of drug-likeness (QED) is 0.594. The summed E-state index contributed by atoms with van der Waals surface area (Å²) in [6.07, 6.45) is 7.13. The molecule has 0 amide bonds. The van der Waals surface area contributed by atoms with Crippen molar-refractivity contribution < 1.29 is 19.1 Å². The molecule has 0 saturated carbocycles. The second-order valence-corrected chi connectivity index (χ2v) is 8.29. The van der Waals surface area contributed by atoms with E-state index in [1.165, 1.54) is 36.5 Å². The molecule has 4 rings (SSSR count). The molecule has 2 aliphatic carbocycles. The number of ether oxygens (including phenoxy) is 2. The highest BCUT2D eigenvalue weighted by molar-refractivity contribution is 5.85. The second kappa shape index (κ2) is 9.82. The molecule has 0 N–H and O–H groups in total. The Morgan fingerprint density at radius 1 is 0.656 bits per heavy atom. The van der Waals surface area contributed by atoms with Gasteiger partial charge in [-0.3, -0.25) is 9.59 Å². The number of allylic oxidation sites excluding steroid dienone is 6. The number of rotatable bonds is 4. The van der Waals surface area contributed by atoms with E-state index in [1.807, 2.05) is 36.4 Å². The van der Waals surface area contributed by atoms with E-state index in [-0.39, 0.29) is 11.9 Å². The van der Waals surface area contributed by atoms with Gasteiger partial charge in [-0.05, 0) is 59.1 Å². The largest absolute Gasteiger partial charge is 0.469 e. The SMILES string of the molecule is COC(=O)[C@@H]1CC2=C(/C=C(/c3ccccc3)CC/C(c3ccccc3)=C\2)C[C@H]1C(=O)OC. The number of methoxy groups -OCH3 is 2. The van der Waals surface area contributed by atoms with Gasteiger partial charge in [-0.2, -0.15) is 0 Å². The van der Waals surface area contributed by atoms with Crippen LogP contribution in [0.15, 0.2) is 84.0 Å². The molecule has 4 nitrogen and oxygen atoms in total. The number of hydrogen-bond donors (Lipinski definition) is 0. The van der Waals surface area contributed by atoms with Gasteiger partial charge in [-0.1, -0.05) is 72.8 Å². The van der Waals surface area contributed by atoms with Crippen molar-refractivity contribution in [3.8, 4) is 0 Å². The predicted molar refractivity (Wildman–Crippen MR) is 125 cm³/mol. The Kier molecular flexibility index (Phi) is 6.69. The average Bonchev–Trinajstić information content (AvgIpc) is 2.84. The first-order chi connectivity index (χ1) is 15.6. The number of esters is 2. The van der Waals surface area contributed by atoms with Crippen molar-refractivity contribution >= 4 is 23.1 Å². The van der Waals surface area contributed by atoms with Gasteiger partial charge in [-0.15, -0.1) is 0 Å². The predicted octanol–water partition coefficient (Wildman–Crippen LogP) is 5.62. The number of carbonyl (C=O) groups excluding carboxylic acids is 2. The van der Waals surface area contributed by atoms with Crippen molar-refractivity contribution in [1.29, 1.82) is 0 Å². The zero-order chi connectivity index (χ0) is 22.5. The minimum absolute atomic E-state index is 0.365.